The van der Waals surface area contributed by atoms with Gasteiger partial charge in [-0.2, -0.15) is 69.5 Å². The Morgan fingerprint density at radius 3 is 1.14 bits per heavy atom. The van der Waals surface area contributed by atoms with E-state index in [2.05, 4.69) is 13.8 Å². The third-order valence-corrected chi connectivity index (χ3v) is 15.2. The van der Waals surface area contributed by atoms with Gasteiger partial charge in [0.2, 0.25) is 0 Å². The first-order valence-electron chi connectivity index (χ1n) is 22.3. The van der Waals surface area contributed by atoms with Gasteiger partial charge in [0.15, 0.2) is 34.8 Å². The molecule has 26 heteroatoms. The number of hydrogen-bond acceptors (Lipinski definition) is 6. The van der Waals surface area contributed by atoms with E-state index in [0.29, 0.717) is 29.5 Å². The molecule has 0 aromatic heterocycles. The molecule has 2 fully saturated rings. The summed E-state index contributed by atoms with van der Waals surface area (Å²) < 4.78 is 274. The summed E-state index contributed by atoms with van der Waals surface area (Å²) in [7, 11) is -13.7. The SMILES string of the molecule is C.CCCC1CCC(c2ccc(-c3ccc(C(F)(F)F)c(F)c3C)c(F)c2F)CC1.CCCC1CCC(c2ccc(-c3ccc(C(F)(F)F)c(F)c3O)c(F)c2F)CC1.O=S(=O)(OS(=O)(=O)C(F)(F)F)C(F)(F)F. The van der Waals surface area contributed by atoms with Gasteiger partial charge in [0.05, 0.1) is 11.1 Å². The number of benzene rings is 4. The minimum atomic E-state index is -6.85. The smallest absolute Gasteiger partial charge is 0.504 e. The van der Waals surface area contributed by atoms with Gasteiger partial charge in [0, 0.05) is 16.7 Å². The lowest BCUT2D eigenvalue weighted by Gasteiger charge is -2.29. The van der Waals surface area contributed by atoms with Crippen LogP contribution in [0.25, 0.3) is 22.3 Å². The number of aromatic hydroxyl groups is 1. The van der Waals surface area contributed by atoms with Crippen LogP contribution in [-0.2, 0) is 36.2 Å². The first kappa shape index (κ1) is 63.6. The third kappa shape index (κ3) is 14.8. The molecule has 0 bridgehead atoms. The first-order valence-corrected chi connectivity index (χ1v) is 25.1. The fraction of sp³-hybridized carbons (Fsp3) is 0.500. The van der Waals surface area contributed by atoms with Crippen LogP contribution in [0.2, 0.25) is 0 Å². The maximum Gasteiger partial charge on any atom is 0.524 e. The largest absolute Gasteiger partial charge is 0.524 e. The molecule has 6 rings (SSSR count). The van der Waals surface area contributed by atoms with E-state index in [1.807, 2.05) is 3.63 Å². The van der Waals surface area contributed by atoms with E-state index >= 15 is 0 Å². The molecule has 416 valence electrons. The number of rotatable bonds is 10. The zero-order valence-corrected chi connectivity index (χ0v) is 40.2. The molecule has 2 aliphatic rings. The summed E-state index contributed by atoms with van der Waals surface area (Å²) in [6.07, 6.45) is 1.46. The maximum absolute atomic E-state index is 14.8. The van der Waals surface area contributed by atoms with Gasteiger partial charge in [0.1, 0.15) is 5.82 Å². The lowest BCUT2D eigenvalue weighted by atomic mass is 9.77. The average molecular weight is 1130 g/mol. The van der Waals surface area contributed by atoms with E-state index in [4.69, 9.17) is 0 Å². The van der Waals surface area contributed by atoms with Crippen molar-refractivity contribution < 1.29 is 105 Å². The van der Waals surface area contributed by atoms with E-state index in [9.17, 15) is 101 Å². The van der Waals surface area contributed by atoms with Crippen LogP contribution >= 0.6 is 0 Å². The zero-order chi connectivity index (χ0) is 55.4. The third-order valence-electron chi connectivity index (χ3n) is 12.6. The lowest BCUT2D eigenvalue weighted by Crippen LogP contribution is -2.34. The summed E-state index contributed by atoms with van der Waals surface area (Å²) >= 11 is 0. The van der Waals surface area contributed by atoms with Crippen LogP contribution in [0.4, 0.5) is 79.0 Å². The van der Waals surface area contributed by atoms with Crippen LogP contribution in [0.1, 0.15) is 138 Å². The van der Waals surface area contributed by atoms with Gasteiger partial charge in [-0.25, -0.2) is 26.3 Å². The summed E-state index contributed by atoms with van der Waals surface area (Å²) in [5.74, 6) is -8.24. The second-order valence-corrected chi connectivity index (χ2v) is 20.7. The van der Waals surface area contributed by atoms with Crippen LogP contribution in [-0.4, -0.2) is 33.0 Å². The van der Waals surface area contributed by atoms with E-state index in [1.54, 1.807) is 0 Å². The Morgan fingerprint density at radius 1 is 0.473 bits per heavy atom. The van der Waals surface area contributed by atoms with Crippen molar-refractivity contribution in [2.75, 3.05) is 0 Å². The molecule has 0 radical (unpaired) electrons. The highest BCUT2D eigenvalue weighted by Crippen LogP contribution is 2.45. The summed E-state index contributed by atoms with van der Waals surface area (Å²) in [5.41, 5.74) is -16.7. The van der Waals surface area contributed by atoms with Gasteiger partial charge in [-0.3, -0.25) is 0 Å². The second kappa shape index (κ2) is 24.5. The Balaban J connectivity index is 0.000000307. The molecular weight excluding hydrogens is 1080 g/mol. The van der Waals surface area contributed by atoms with E-state index in [1.165, 1.54) is 24.3 Å². The Bertz CT molecular complexity index is 2600. The molecule has 74 heavy (non-hydrogen) atoms. The van der Waals surface area contributed by atoms with Gasteiger partial charge in [0.25, 0.3) is 0 Å². The topological polar surface area (TPSA) is 97.7 Å². The van der Waals surface area contributed by atoms with Crippen LogP contribution < -0.4 is 0 Å². The zero-order valence-electron chi connectivity index (χ0n) is 38.5. The predicted molar refractivity (Wildman–Crippen MR) is 237 cm³/mol. The molecule has 0 unspecified atom stereocenters. The molecule has 1 N–H and O–H groups in total. The van der Waals surface area contributed by atoms with Crippen molar-refractivity contribution in [1.82, 2.24) is 0 Å². The monoisotopic (exact) mass is 1130 g/mol. The molecule has 0 amide bonds. The Hall–Kier alpha value is -4.72. The number of hydrogen-bond donors (Lipinski definition) is 1. The number of phenols is 1. The van der Waals surface area contributed by atoms with E-state index in [-0.39, 0.29) is 41.5 Å². The molecule has 4 aromatic rings. The molecule has 2 aliphatic carbocycles. The molecule has 0 saturated heterocycles. The number of alkyl halides is 12. The number of halogens is 18. The maximum atomic E-state index is 14.8. The van der Waals surface area contributed by atoms with Crippen molar-refractivity contribution >= 4 is 20.2 Å². The Labute approximate surface area is 415 Å². The summed E-state index contributed by atoms with van der Waals surface area (Å²) in [6.45, 7) is 5.38. The quantitative estimate of drug-likeness (QED) is 0.125. The van der Waals surface area contributed by atoms with Gasteiger partial charge in [-0.05, 0) is 122 Å². The van der Waals surface area contributed by atoms with Crippen molar-refractivity contribution in [3.63, 3.8) is 0 Å². The van der Waals surface area contributed by atoms with Gasteiger partial charge in [-0.15, -0.1) is 3.63 Å². The fourth-order valence-electron chi connectivity index (χ4n) is 8.91. The average Bonchev–Trinajstić information content (AvgIpc) is 3.27. The Morgan fingerprint density at radius 2 is 0.797 bits per heavy atom. The van der Waals surface area contributed by atoms with Gasteiger partial charge < -0.3 is 5.11 Å². The summed E-state index contributed by atoms with van der Waals surface area (Å²) in [5, 5.41) is 9.84. The number of phenolic OH excluding ortho intramolecular Hbond substituents is 1. The fourth-order valence-corrected chi connectivity index (χ4v) is 10.5. The molecular formula is C48H50F18O6S2. The molecule has 0 heterocycles. The van der Waals surface area contributed by atoms with E-state index < -0.39 is 107 Å². The van der Waals surface area contributed by atoms with Crippen LogP contribution in [0.3, 0.4) is 0 Å². The Kier molecular flexibility index (Phi) is 21.1. The van der Waals surface area contributed by atoms with Crippen molar-refractivity contribution in [2.24, 2.45) is 11.8 Å². The second-order valence-electron chi connectivity index (χ2n) is 17.5. The molecule has 4 aromatic carbocycles. The first-order chi connectivity index (χ1) is 33.5. The van der Waals surface area contributed by atoms with Crippen molar-refractivity contribution in [3.05, 3.63) is 111 Å². The highest BCUT2D eigenvalue weighted by Gasteiger charge is 2.57. The standard InChI is InChI=1S/C23H24F6.C22H22F6O.C2F6O5S2.CH4/c1-3-4-14-5-7-15(8-6-14)17-9-10-18(22(26)21(17)25)16-11-12-19(23(27,28)29)20(24)13(16)2;1-2-3-12-4-6-13(7-5-12)14-8-9-15(19(24)18(14)23)16-10-11-17(22(26,27)28)20(25)21(16)29;3-1(4,5)14(9,10)13-15(11,12)2(6,7)8;/h9-12,14-15H,3-8H2,1-2H3;8-13,29H,2-7H2,1H3;;1H4. The van der Waals surface area contributed by atoms with Gasteiger partial charge in [-0.1, -0.05) is 77.3 Å². The molecule has 6 nitrogen and oxygen atoms in total. The van der Waals surface area contributed by atoms with Crippen molar-refractivity contribution in [2.45, 2.75) is 140 Å². The minimum absolute atomic E-state index is 0. The normalized spacial score (nSPS) is 18.9. The predicted octanol–water partition coefficient (Wildman–Crippen LogP) is 17.1. The minimum Gasteiger partial charge on any atom is -0.504 e. The van der Waals surface area contributed by atoms with Crippen molar-refractivity contribution in [3.8, 4) is 28.0 Å². The van der Waals surface area contributed by atoms with Crippen LogP contribution in [0.5, 0.6) is 5.75 Å². The van der Waals surface area contributed by atoms with Crippen molar-refractivity contribution in [1.29, 1.82) is 0 Å². The highest BCUT2D eigenvalue weighted by molar-refractivity contribution is 8.00. The van der Waals surface area contributed by atoms with E-state index in [0.717, 1.165) is 96.1 Å². The highest BCUT2D eigenvalue weighted by atomic mass is 32.3. The molecule has 0 atom stereocenters. The summed E-state index contributed by atoms with van der Waals surface area (Å²) in [4.78, 5) is 0. The molecule has 2 saturated carbocycles. The molecule has 0 aliphatic heterocycles. The lowest BCUT2D eigenvalue weighted by molar-refractivity contribution is -0.140. The summed E-state index contributed by atoms with van der Waals surface area (Å²) in [6, 6.07) is 8.13. The molecule has 0 spiro atoms. The van der Waals surface area contributed by atoms with Crippen LogP contribution in [0, 0.1) is 53.7 Å². The van der Waals surface area contributed by atoms with Gasteiger partial charge >= 0.3 is 43.6 Å². The van der Waals surface area contributed by atoms with Crippen LogP contribution in [0.15, 0.2) is 48.5 Å².